The van der Waals surface area contributed by atoms with Crippen LogP contribution >= 0.6 is 0 Å². The number of carbonyl (C=O) groups excluding carboxylic acids is 2. The first-order valence-electron chi connectivity index (χ1n) is 8.54. The largest absolute Gasteiger partial charge is 0.484 e. The number of hydrogen-bond acceptors (Lipinski definition) is 7. The third-order valence-electron chi connectivity index (χ3n) is 3.62. The molecule has 0 aliphatic heterocycles. The van der Waals surface area contributed by atoms with E-state index in [1.54, 1.807) is 31.2 Å². The molecule has 0 fully saturated rings. The fraction of sp³-hybridized carbons (Fsp3) is 0.263. The van der Waals surface area contributed by atoms with Gasteiger partial charge in [-0.25, -0.2) is 8.42 Å². The minimum atomic E-state index is -4.02. The van der Waals surface area contributed by atoms with Gasteiger partial charge in [-0.2, -0.15) is 0 Å². The molecule has 0 saturated heterocycles. The van der Waals surface area contributed by atoms with Gasteiger partial charge in [-0.3, -0.25) is 9.59 Å². The number of esters is 1. The fourth-order valence-corrected chi connectivity index (χ4v) is 3.63. The molecule has 0 aromatic heterocycles. The molecule has 1 amide bonds. The van der Waals surface area contributed by atoms with Gasteiger partial charge in [-0.05, 0) is 36.8 Å². The van der Waals surface area contributed by atoms with Gasteiger partial charge in [0.2, 0.25) is 0 Å². The first kappa shape index (κ1) is 21.4. The van der Waals surface area contributed by atoms with Gasteiger partial charge >= 0.3 is 5.97 Å². The molecule has 28 heavy (non-hydrogen) atoms. The molecule has 2 aromatic rings. The van der Waals surface area contributed by atoms with Crippen LogP contribution in [-0.2, 0) is 30.7 Å². The van der Waals surface area contributed by atoms with Gasteiger partial charge in [0.15, 0.2) is 22.2 Å². The highest BCUT2D eigenvalue weighted by Crippen LogP contribution is 2.24. The number of ether oxygens (including phenoxy) is 2. The lowest BCUT2D eigenvalue weighted by Crippen LogP contribution is -2.24. The summed E-state index contributed by atoms with van der Waals surface area (Å²) in [6, 6.07) is 13.0. The lowest BCUT2D eigenvalue weighted by molar-refractivity contribution is -0.140. The Morgan fingerprint density at radius 1 is 1.11 bits per heavy atom. The molecule has 0 aliphatic carbocycles. The average molecular weight is 406 g/mol. The molecule has 150 valence electrons. The molecule has 0 saturated carbocycles. The summed E-state index contributed by atoms with van der Waals surface area (Å²) < 4.78 is 35.2. The van der Waals surface area contributed by atoms with E-state index >= 15 is 0 Å². The molecule has 0 heterocycles. The molecule has 8 nitrogen and oxygen atoms in total. The number of benzene rings is 2. The maximum Gasteiger partial charge on any atom is 0.321 e. The number of rotatable bonds is 9. The molecule has 0 unspecified atom stereocenters. The number of carbonyl (C=O) groups is 2. The van der Waals surface area contributed by atoms with Crippen LogP contribution in [0.1, 0.15) is 12.5 Å². The quantitative estimate of drug-likeness (QED) is 0.605. The first-order valence-corrected chi connectivity index (χ1v) is 10.2. The molecule has 9 heteroatoms. The van der Waals surface area contributed by atoms with Crippen LogP contribution in [0.2, 0.25) is 0 Å². The number of nitrogens with one attached hydrogen (secondary N) is 1. The molecule has 2 rings (SSSR count). The highest BCUT2D eigenvalue weighted by atomic mass is 32.2. The Hall–Kier alpha value is -2.91. The maximum absolute atomic E-state index is 12.6. The number of para-hydroxylation sites is 1. The van der Waals surface area contributed by atoms with Crippen molar-refractivity contribution in [2.45, 2.75) is 18.4 Å². The van der Waals surface area contributed by atoms with Crippen molar-refractivity contribution in [1.29, 1.82) is 0 Å². The Kier molecular flexibility index (Phi) is 7.53. The zero-order chi connectivity index (χ0) is 20.6. The van der Waals surface area contributed by atoms with Crippen molar-refractivity contribution >= 4 is 27.4 Å². The number of hydrogen-bond donors (Lipinski definition) is 2. The second-order valence-corrected chi connectivity index (χ2v) is 7.71. The summed E-state index contributed by atoms with van der Waals surface area (Å²) in [6.45, 7) is 1.50. The van der Waals surface area contributed by atoms with E-state index in [1.165, 1.54) is 18.2 Å². The Bertz CT molecular complexity index is 929. The molecular formula is C19H22N2O6S. The van der Waals surface area contributed by atoms with E-state index in [1.807, 2.05) is 6.07 Å². The van der Waals surface area contributed by atoms with Crippen molar-refractivity contribution in [2.24, 2.45) is 5.73 Å². The molecule has 2 aromatic carbocycles. The van der Waals surface area contributed by atoms with E-state index in [9.17, 15) is 18.0 Å². The van der Waals surface area contributed by atoms with Crippen molar-refractivity contribution < 1.29 is 27.5 Å². The number of amides is 1. The van der Waals surface area contributed by atoms with Gasteiger partial charge in [0, 0.05) is 6.54 Å². The van der Waals surface area contributed by atoms with E-state index in [2.05, 4.69) is 5.32 Å². The van der Waals surface area contributed by atoms with Gasteiger partial charge in [0.25, 0.3) is 5.91 Å². The summed E-state index contributed by atoms with van der Waals surface area (Å²) in [5.74, 6) is -1.74. The minimum absolute atomic E-state index is 0.0360. The van der Waals surface area contributed by atoms with Crippen LogP contribution in [0.4, 0.5) is 5.69 Å². The van der Waals surface area contributed by atoms with Gasteiger partial charge in [-0.1, -0.05) is 24.3 Å². The summed E-state index contributed by atoms with van der Waals surface area (Å²) in [5, 5.41) is 2.52. The third kappa shape index (κ3) is 6.07. The monoisotopic (exact) mass is 406 g/mol. The second-order valence-electron chi connectivity index (χ2n) is 5.75. The van der Waals surface area contributed by atoms with Gasteiger partial charge in [-0.15, -0.1) is 0 Å². The number of sulfone groups is 1. The topological polar surface area (TPSA) is 125 Å². The SMILES string of the molecule is CCOC(=O)CS(=O)(=O)c1ccc(CN)cc1NC(=O)COc1ccccc1. The van der Waals surface area contributed by atoms with Crippen molar-refractivity contribution in [1.82, 2.24) is 0 Å². The van der Waals surface area contributed by atoms with Crippen LogP contribution in [-0.4, -0.2) is 39.3 Å². The Labute approximate surface area is 163 Å². The predicted molar refractivity (Wildman–Crippen MR) is 104 cm³/mol. The molecule has 0 atom stereocenters. The second kappa shape index (κ2) is 9.86. The van der Waals surface area contributed by atoms with E-state index in [0.29, 0.717) is 11.3 Å². The lowest BCUT2D eigenvalue weighted by Gasteiger charge is -2.13. The number of nitrogens with two attached hydrogens (primary N) is 1. The zero-order valence-electron chi connectivity index (χ0n) is 15.4. The summed E-state index contributed by atoms with van der Waals surface area (Å²) in [6.07, 6.45) is 0. The van der Waals surface area contributed by atoms with Gasteiger partial charge in [0.05, 0.1) is 17.2 Å². The van der Waals surface area contributed by atoms with E-state index in [0.717, 1.165) is 0 Å². The summed E-state index contributed by atoms with van der Waals surface area (Å²) >= 11 is 0. The molecule has 0 aliphatic rings. The van der Waals surface area contributed by atoms with E-state index in [4.69, 9.17) is 15.2 Å². The summed E-state index contributed by atoms with van der Waals surface area (Å²) in [5.41, 5.74) is 6.26. The van der Waals surface area contributed by atoms with Crippen molar-refractivity contribution in [3.63, 3.8) is 0 Å². The minimum Gasteiger partial charge on any atom is -0.484 e. The smallest absolute Gasteiger partial charge is 0.321 e. The van der Waals surface area contributed by atoms with Crippen LogP contribution in [0.5, 0.6) is 5.75 Å². The Morgan fingerprint density at radius 3 is 2.46 bits per heavy atom. The van der Waals surface area contributed by atoms with E-state index in [-0.39, 0.29) is 30.3 Å². The first-order chi connectivity index (χ1) is 13.4. The fourth-order valence-electron chi connectivity index (χ4n) is 2.36. The molecular weight excluding hydrogens is 384 g/mol. The summed E-state index contributed by atoms with van der Waals surface area (Å²) in [4.78, 5) is 23.7. The Morgan fingerprint density at radius 2 is 1.82 bits per heavy atom. The van der Waals surface area contributed by atoms with Crippen LogP contribution in [0.15, 0.2) is 53.4 Å². The third-order valence-corrected chi connectivity index (χ3v) is 5.26. The average Bonchev–Trinajstić information content (AvgIpc) is 2.66. The zero-order valence-corrected chi connectivity index (χ0v) is 16.2. The normalized spacial score (nSPS) is 10.9. The molecule has 0 spiro atoms. The number of anilines is 1. The standard InChI is InChI=1S/C19H22N2O6S/c1-2-26-19(23)13-28(24,25)17-9-8-14(11-20)10-16(17)21-18(22)12-27-15-6-4-3-5-7-15/h3-10H,2,11-13,20H2,1H3,(H,21,22). The maximum atomic E-state index is 12.6. The molecule has 0 bridgehead atoms. The van der Waals surface area contributed by atoms with Gasteiger partial charge in [0.1, 0.15) is 5.75 Å². The lowest BCUT2D eigenvalue weighted by atomic mass is 10.2. The van der Waals surface area contributed by atoms with Crippen molar-refractivity contribution in [2.75, 3.05) is 24.3 Å². The van der Waals surface area contributed by atoms with Crippen LogP contribution in [0.3, 0.4) is 0 Å². The van der Waals surface area contributed by atoms with Crippen molar-refractivity contribution in [3.8, 4) is 5.75 Å². The molecule has 3 N–H and O–H groups in total. The molecule has 0 radical (unpaired) electrons. The Balaban J connectivity index is 2.19. The summed E-state index contributed by atoms with van der Waals surface area (Å²) in [7, 11) is -4.02. The van der Waals surface area contributed by atoms with Crippen LogP contribution < -0.4 is 15.8 Å². The van der Waals surface area contributed by atoms with Crippen LogP contribution in [0, 0.1) is 0 Å². The van der Waals surface area contributed by atoms with Crippen LogP contribution in [0.25, 0.3) is 0 Å². The van der Waals surface area contributed by atoms with Gasteiger partial charge < -0.3 is 20.5 Å². The highest BCUT2D eigenvalue weighted by molar-refractivity contribution is 7.92. The predicted octanol–water partition coefficient (Wildman–Crippen LogP) is 1.50. The van der Waals surface area contributed by atoms with Crippen molar-refractivity contribution in [3.05, 3.63) is 54.1 Å². The van der Waals surface area contributed by atoms with E-state index < -0.39 is 27.5 Å². The highest BCUT2D eigenvalue weighted by Gasteiger charge is 2.24.